The number of aromatic nitrogens is 1. The summed E-state index contributed by atoms with van der Waals surface area (Å²) in [5.41, 5.74) is 1.91. The molecule has 1 atom stereocenters. The Morgan fingerprint density at radius 1 is 1.14 bits per heavy atom. The molecule has 0 spiro atoms. The molecule has 156 valence electrons. The van der Waals surface area contributed by atoms with Crippen LogP contribution in [0.25, 0.3) is 0 Å². The van der Waals surface area contributed by atoms with Crippen molar-refractivity contribution in [3.8, 4) is 11.5 Å². The van der Waals surface area contributed by atoms with Crippen molar-refractivity contribution >= 4 is 21.6 Å². The maximum absolute atomic E-state index is 12.6. The second-order valence-electron chi connectivity index (χ2n) is 7.34. The van der Waals surface area contributed by atoms with Gasteiger partial charge in [-0.1, -0.05) is 6.07 Å². The SMILES string of the molecule is Cc1ccc(C(=O)OCC(=O)c2cc(C)n(C3CCS(=O)(=O)C3)c2C)c(O)c1O. The molecule has 0 saturated carbocycles. The number of hydrogen-bond acceptors (Lipinski definition) is 7. The van der Waals surface area contributed by atoms with Crippen LogP contribution in [0.3, 0.4) is 0 Å². The Hall–Kier alpha value is -2.81. The highest BCUT2D eigenvalue weighted by Gasteiger charge is 2.31. The van der Waals surface area contributed by atoms with Crippen molar-refractivity contribution in [1.82, 2.24) is 4.57 Å². The monoisotopic (exact) mass is 421 g/mol. The lowest BCUT2D eigenvalue weighted by Crippen LogP contribution is -2.17. The predicted octanol–water partition coefficient (Wildman–Crippen LogP) is 2.22. The number of carbonyl (C=O) groups is 2. The van der Waals surface area contributed by atoms with Gasteiger partial charge >= 0.3 is 5.97 Å². The molecule has 1 saturated heterocycles. The number of sulfone groups is 1. The van der Waals surface area contributed by atoms with Gasteiger partial charge < -0.3 is 19.5 Å². The fourth-order valence-corrected chi connectivity index (χ4v) is 5.43. The molecule has 1 aliphatic rings. The minimum absolute atomic E-state index is 0.0438. The van der Waals surface area contributed by atoms with Crippen LogP contribution in [-0.2, 0) is 14.6 Å². The topological polar surface area (TPSA) is 123 Å². The van der Waals surface area contributed by atoms with E-state index >= 15 is 0 Å². The van der Waals surface area contributed by atoms with Crippen LogP contribution in [-0.4, -0.2) is 53.1 Å². The average Bonchev–Trinajstić information content (AvgIpc) is 3.15. The summed E-state index contributed by atoms with van der Waals surface area (Å²) in [4.78, 5) is 24.8. The van der Waals surface area contributed by atoms with Crippen LogP contribution in [0.1, 0.15) is 50.1 Å². The number of Topliss-reactive ketones (excluding diaryl/α,β-unsaturated/α-hetero) is 1. The summed E-state index contributed by atoms with van der Waals surface area (Å²) in [5.74, 6) is -2.20. The number of phenols is 2. The first-order valence-corrected chi connectivity index (χ1v) is 10.9. The Morgan fingerprint density at radius 3 is 2.45 bits per heavy atom. The van der Waals surface area contributed by atoms with Crippen LogP contribution in [0.4, 0.5) is 0 Å². The number of ketones is 1. The molecule has 0 bridgehead atoms. The van der Waals surface area contributed by atoms with Gasteiger partial charge in [-0.05, 0) is 44.9 Å². The van der Waals surface area contributed by atoms with Crippen molar-refractivity contribution in [3.63, 3.8) is 0 Å². The number of carbonyl (C=O) groups excluding carboxylic acids is 2. The number of hydrogen-bond donors (Lipinski definition) is 2. The van der Waals surface area contributed by atoms with Gasteiger partial charge in [0.2, 0.25) is 5.78 Å². The maximum atomic E-state index is 12.6. The standard InChI is InChI=1S/C20H23NO7S/c1-11-4-5-15(19(24)18(11)23)20(25)28-9-17(22)16-8-12(2)21(13(16)3)14-6-7-29(26,27)10-14/h4-5,8,14,23-24H,6-7,9-10H2,1-3H3. The molecule has 2 heterocycles. The van der Waals surface area contributed by atoms with Gasteiger partial charge in [0.05, 0.1) is 11.5 Å². The van der Waals surface area contributed by atoms with Gasteiger partial charge in [0.15, 0.2) is 27.9 Å². The Bertz CT molecular complexity index is 1100. The largest absolute Gasteiger partial charge is 0.504 e. The Labute approximate surface area is 168 Å². The molecular weight excluding hydrogens is 398 g/mol. The molecule has 9 heteroatoms. The van der Waals surface area contributed by atoms with Crippen LogP contribution < -0.4 is 0 Å². The third-order valence-corrected chi connectivity index (χ3v) is 7.02. The van der Waals surface area contributed by atoms with E-state index in [1.807, 2.05) is 4.57 Å². The Morgan fingerprint density at radius 2 is 1.83 bits per heavy atom. The van der Waals surface area contributed by atoms with Gasteiger partial charge in [-0.25, -0.2) is 13.2 Å². The molecular formula is C20H23NO7S. The molecule has 1 aliphatic heterocycles. The summed E-state index contributed by atoms with van der Waals surface area (Å²) in [6, 6.07) is 4.21. The second kappa shape index (κ2) is 7.55. The highest BCUT2D eigenvalue weighted by molar-refractivity contribution is 7.91. The zero-order valence-corrected chi connectivity index (χ0v) is 17.2. The van der Waals surface area contributed by atoms with Gasteiger partial charge in [0.25, 0.3) is 0 Å². The van der Waals surface area contributed by atoms with Gasteiger partial charge in [0.1, 0.15) is 5.56 Å². The fourth-order valence-electron chi connectivity index (χ4n) is 3.73. The van der Waals surface area contributed by atoms with Crippen LogP contribution in [0, 0.1) is 20.8 Å². The van der Waals surface area contributed by atoms with Gasteiger partial charge in [0, 0.05) is 23.0 Å². The van der Waals surface area contributed by atoms with Crippen molar-refractivity contribution in [1.29, 1.82) is 0 Å². The van der Waals surface area contributed by atoms with Crippen molar-refractivity contribution in [2.24, 2.45) is 0 Å². The first-order valence-electron chi connectivity index (χ1n) is 9.12. The first kappa shape index (κ1) is 20.9. The summed E-state index contributed by atoms with van der Waals surface area (Å²) in [7, 11) is -3.07. The molecule has 0 amide bonds. The van der Waals surface area contributed by atoms with Crippen LogP contribution in [0.2, 0.25) is 0 Å². The Kier molecular flexibility index (Phi) is 5.44. The zero-order chi connectivity index (χ0) is 21.5. The van der Waals surface area contributed by atoms with E-state index in [0.717, 1.165) is 5.69 Å². The summed E-state index contributed by atoms with van der Waals surface area (Å²) >= 11 is 0. The molecule has 1 aromatic heterocycles. The van der Waals surface area contributed by atoms with E-state index in [2.05, 4.69) is 0 Å². The summed E-state index contributed by atoms with van der Waals surface area (Å²) in [6.45, 7) is 4.56. The molecule has 8 nitrogen and oxygen atoms in total. The van der Waals surface area contributed by atoms with E-state index in [0.29, 0.717) is 23.2 Å². The molecule has 1 unspecified atom stereocenters. The van der Waals surface area contributed by atoms with E-state index in [9.17, 15) is 28.2 Å². The van der Waals surface area contributed by atoms with Crippen molar-refractivity contribution in [2.75, 3.05) is 18.1 Å². The van der Waals surface area contributed by atoms with Gasteiger partial charge in [-0.15, -0.1) is 0 Å². The van der Waals surface area contributed by atoms with E-state index in [-0.39, 0.29) is 23.1 Å². The number of phenolic OH excluding ortho intramolecular Hbond substituents is 2. The van der Waals surface area contributed by atoms with E-state index in [1.54, 1.807) is 26.8 Å². The zero-order valence-electron chi connectivity index (χ0n) is 16.4. The van der Waals surface area contributed by atoms with Gasteiger partial charge in [-0.2, -0.15) is 0 Å². The normalized spacial score (nSPS) is 18.0. The molecule has 3 rings (SSSR count). The Balaban J connectivity index is 1.74. The lowest BCUT2D eigenvalue weighted by molar-refractivity contribution is 0.0471. The minimum atomic E-state index is -3.07. The van der Waals surface area contributed by atoms with Crippen molar-refractivity contribution in [2.45, 2.75) is 33.2 Å². The number of benzene rings is 1. The number of aromatic hydroxyl groups is 2. The number of ether oxygens (including phenoxy) is 1. The smallest absolute Gasteiger partial charge is 0.342 e. The quantitative estimate of drug-likeness (QED) is 0.431. The maximum Gasteiger partial charge on any atom is 0.342 e. The fraction of sp³-hybridized carbons (Fsp3) is 0.400. The van der Waals surface area contributed by atoms with Crippen molar-refractivity contribution in [3.05, 3.63) is 46.3 Å². The molecule has 0 aliphatic carbocycles. The third kappa shape index (κ3) is 4.00. The number of esters is 1. The molecule has 0 radical (unpaired) electrons. The van der Waals surface area contributed by atoms with Crippen molar-refractivity contribution < 1.29 is 33.0 Å². The highest BCUT2D eigenvalue weighted by atomic mass is 32.2. The summed E-state index contributed by atoms with van der Waals surface area (Å²) in [5, 5.41) is 19.6. The van der Waals surface area contributed by atoms with E-state index in [1.165, 1.54) is 12.1 Å². The molecule has 2 aromatic rings. The number of rotatable bonds is 5. The highest BCUT2D eigenvalue weighted by Crippen LogP contribution is 2.33. The lowest BCUT2D eigenvalue weighted by Gasteiger charge is -2.16. The predicted molar refractivity (Wildman–Crippen MR) is 105 cm³/mol. The molecule has 1 aromatic carbocycles. The summed E-state index contributed by atoms with van der Waals surface area (Å²) < 4.78 is 30.4. The summed E-state index contributed by atoms with van der Waals surface area (Å²) in [6.07, 6.45) is 0.498. The first-order chi connectivity index (χ1) is 13.5. The second-order valence-corrected chi connectivity index (χ2v) is 9.57. The minimum Gasteiger partial charge on any atom is -0.504 e. The molecule has 2 N–H and O–H groups in total. The molecule has 1 fully saturated rings. The van der Waals surface area contributed by atoms with E-state index in [4.69, 9.17) is 4.74 Å². The lowest BCUT2D eigenvalue weighted by atomic mass is 10.1. The van der Waals surface area contributed by atoms with Gasteiger partial charge in [-0.3, -0.25) is 4.79 Å². The van der Waals surface area contributed by atoms with Crippen LogP contribution in [0.15, 0.2) is 18.2 Å². The molecule has 29 heavy (non-hydrogen) atoms. The number of nitrogens with zero attached hydrogens (tertiary/aromatic N) is 1. The average molecular weight is 421 g/mol. The van der Waals surface area contributed by atoms with Crippen LogP contribution >= 0.6 is 0 Å². The third-order valence-electron chi connectivity index (χ3n) is 5.27. The number of aryl methyl sites for hydroxylation is 2. The van der Waals surface area contributed by atoms with Crippen LogP contribution in [0.5, 0.6) is 11.5 Å². The van der Waals surface area contributed by atoms with E-state index < -0.39 is 39.7 Å².